The van der Waals surface area contributed by atoms with Gasteiger partial charge in [0.15, 0.2) is 5.82 Å². The zero-order valence-electron chi connectivity index (χ0n) is 16.3. The molecule has 4 rings (SSSR count). The molecule has 7 heteroatoms. The standard InChI is InChI=1S/C22H23N5O2/c1-16-5-2-3-8-19(16)24-22(28)23-18-7-4-6-17(15-18)20-9-10-21(26-25-20)27-11-13-29-14-12-27/h2-10,15H,11-14H2,1H3,(H2,23,24,28). The molecular weight excluding hydrogens is 366 g/mol. The van der Waals surface area contributed by atoms with E-state index in [9.17, 15) is 4.79 Å². The fraction of sp³-hybridized carbons (Fsp3) is 0.227. The van der Waals surface area contributed by atoms with E-state index in [4.69, 9.17) is 4.74 Å². The summed E-state index contributed by atoms with van der Waals surface area (Å²) in [7, 11) is 0. The van der Waals surface area contributed by atoms with Gasteiger partial charge >= 0.3 is 6.03 Å². The molecule has 1 aliphatic heterocycles. The lowest BCUT2D eigenvalue weighted by Gasteiger charge is -2.27. The number of anilines is 3. The summed E-state index contributed by atoms with van der Waals surface area (Å²) in [5.41, 5.74) is 4.12. The van der Waals surface area contributed by atoms with Crippen molar-refractivity contribution in [1.29, 1.82) is 0 Å². The van der Waals surface area contributed by atoms with Gasteiger partial charge in [-0.25, -0.2) is 4.79 Å². The number of ether oxygens (including phenoxy) is 1. The minimum atomic E-state index is -0.287. The van der Waals surface area contributed by atoms with Gasteiger partial charge < -0.3 is 20.3 Å². The molecule has 0 aliphatic carbocycles. The minimum Gasteiger partial charge on any atom is -0.378 e. The van der Waals surface area contributed by atoms with Gasteiger partial charge in [0, 0.05) is 30.0 Å². The lowest BCUT2D eigenvalue weighted by atomic mass is 10.1. The second-order valence-corrected chi connectivity index (χ2v) is 6.85. The molecule has 2 aromatic carbocycles. The SMILES string of the molecule is Cc1ccccc1NC(=O)Nc1cccc(-c2ccc(N3CCOCC3)nn2)c1. The largest absolute Gasteiger partial charge is 0.378 e. The van der Waals surface area contributed by atoms with Crippen LogP contribution in [0.4, 0.5) is 22.0 Å². The summed E-state index contributed by atoms with van der Waals surface area (Å²) < 4.78 is 5.37. The normalized spacial score (nSPS) is 13.8. The van der Waals surface area contributed by atoms with Crippen LogP contribution in [0.3, 0.4) is 0 Å². The van der Waals surface area contributed by atoms with Crippen molar-refractivity contribution in [2.45, 2.75) is 6.92 Å². The van der Waals surface area contributed by atoms with E-state index in [-0.39, 0.29) is 6.03 Å². The van der Waals surface area contributed by atoms with Gasteiger partial charge in [-0.05, 0) is 42.8 Å². The zero-order valence-corrected chi connectivity index (χ0v) is 16.3. The third kappa shape index (κ3) is 4.70. The Kier molecular flexibility index (Phi) is 5.67. The summed E-state index contributed by atoms with van der Waals surface area (Å²) in [5.74, 6) is 0.851. The maximum atomic E-state index is 12.3. The van der Waals surface area contributed by atoms with Crippen molar-refractivity contribution in [2.24, 2.45) is 0 Å². The number of morpholine rings is 1. The van der Waals surface area contributed by atoms with Crippen LogP contribution in [0.1, 0.15) is 5.56 Å². The Balaban J connectivity index is 1.44. The van der Waals surface area contributed by atoms with Crippen molar-refractivity contribution >= 4 is 23.2 Å². The van der Waals surface area contributed by atoms with Crippen LogP contribution < -0.4 is 15.5 Å². The van der Waals surface area contributed by atoms with Gasteiger partial charge in [0.05, 0.1) is 18.9 Å². The van der Waals surface area contributed by atoms with Crippen LogP contribution in [-0.2, 0) is 4.74 Å². The van der Waals surface area contributed by atoms with Gasteiger partial charge in [-0.2, -0.15) is 0 Å². The first kappa shape index (κ1) is 18.9. The van der Waals surface area contributed by atoms with Crippen LogP contribution in [-0.4, -0.2) is 42.5 Å². The average Bonchev–Trinajstić information content (AvgIpc) is 2.76. The second-order valence-electron chi connectivity index (χ2n) is 6.85. The number of para-hydroxylation sites is 1. The Morgan fingerprint density at radius 2 is 1.79 bits per heavy atom. The summed E-state index contributed by atoms with van der Waals surface area (Å²) in [6, 6.07) is 18.8. The van der Waals surface area contributed by atoms with Gasteiger partial charge in [0.1, 0.15) is 0 Å². The van der Waals surface area contributed by atoms with Gasteiger partial charge in [-0.3, -0.25) is 0 Å². The predicted octanol–water partition coefficient (Wildman–Crippen LogP) is 3.93. The van der Waals surface area contributed by atoms with Gasteiger partial charge in [-0.15, -0.1) is 10.2 Å². The summed E-state index contributed by atoms with van der Waals surface area (Å²) >= 11 is 0. The Hall–Kier alpha value is -3.45. The second kappa shape index (κ2) is 8.70. The van der Waals surface area contributed by atoms with Crippen LogP contribution in [0.25, 0.3) is 11.3 Å². The number of aromatic nitrogens is 2. The van der Waals surface area contributed by atoms with E-state index in [1.807, 2.05) is 67.6 Å². The zero-order chi connectivity index (χ0) is 20.1. The molecule has 0 bridgehead atoms. The van der Waals surface area contributed by atoms with Crippen LogP contribution in [0, 0.1) is 6.92 Å². The van der Waals surface area contributed by atoms with Crippen LogP contribution in [0.15, 0.2) is 60.7 Å². The molecule has 0 radical (unpaired) electrons. The van der Waals surface area contributed by atoms with Crippen molar-refractivity contribution in [2.75, 3.05) is 41.8 Å². The lowest BCUT2D eigenvalue weighted by molar-refractivity contribution is 0.122. The highest BCUT2D eigenvalue weighted by Gasteiger charge is 2.13. The molecule has 29 heavy (non-hydrogen) atoms. The number of hydrogen-bond donors (Lipinski definition) is 2. The Morgan fingerprint density at radius 1 is 0.966 bits per heavy atom. The first-order valence-corrected chi connectivity index (χ1v) is 9.59. The number of urea groups is 1. The molecule has 0 unspecified atom stereocenters. The number of nitrogens with one attached hydrogen (secondary N) is 2. The van der Waals surface area contributed by atoms with Crippen LogP contribution in [0.2, 0.25) is 0 Å². The molecule has 1 aliphatic rings. The van der Waals surface area contributed by atoms with Crippen LogP contribution in [0.5, 0.6) is 0 Å². The summed E-state index contributed by atoms with van der Waals surface area (Å²) in [6.45, 7) is 5.02. The van der Waals surface area contributed by atoms with Crippen molar-refractivity contribution < 1.29 is 9.53 Å². The minimum absolute atomic E-state index is 0.287. The monoisotopic (exact) mass is 389 g/mol. The van der Waals surface area contributed by atoms with Crippen LogP contribution >= 0.6 is 0 Å². The molecule has 1 aromatic heterocycles. The Bertz CT molecular complexity index is 985. The highest BCUT2D eigenvalue weighted by atomic mass is 16.5. The molecule has 0 spiro atoms. The summed E-state index contributed by atoms with van der Waals surface area (Å²) in [6.07, 6.45) is 0. The van der Waals surface area contributed by atoms with Crippen molar-refractivity contribution in [1.82, 2.24) is 10.2 Å². The number of rotatable bonds is 4. The van der Waals surface area contributed by atoms with Crippen molar-refractivity contribution in [3.8, 4) is 11.3 Å². The number of amides is 2. The number of carbonyl (C=O) groups excluding carboxylic acids is 1. The van der Waals surface area contributed by atoms with E-state index >= 15 is 0 Å². The molecule has 3 aromatic rings. The number of carbonyl (C=O) groups is 1. The van der Waals surface area contributed by atoms with Crippen molar-refractivity contribution in [3.63, 3.8) is 0 Å². The Labute approximate surface area is 169 Å². The maximum Gasteiger partial charge on any atom is 0.323 e. The predicted molar refractivity (Wildman–Crippen MR) is 114 cm³/mol. The lowest BCUT2D eigenvalue weighted by Crippen LogP contribution is -2.36. The molecular formula is C22H23N5O2. The fourth-order valence-electron chi connectivity index (χ4n) is 3.19. The maximum absolute atomic E-state index is 12.3. The molecule has 0 saturated carbocycles. The highest BCUT2D eigenvalue weighted by molar-refractivity contribution is 6.00. The van der Waals surface area contributed by atoms with E-state index in [2.05, 4.69) is 25.7 Å². The van der Waals surface area contributed by atoms with E-state index in [0.29, 0.717) is 18.9 Å². The molecule has 148 valence electrons. The average molecular weight is 389 g/mol. The van der Waals surface area contributed by atoms with Gasteiger partial charge in [0.2, 0.25) is 0 Å². The first-order valence-electron chi connectivity index (χ1n) is 9.59. The first-order chi connectivity index (χ1) is 14.2. The molecule has 2 amide bonds. The highest BCUT2D eigenvalue weighted by Crippen LogP contribution is 2.22. The van der Waals surface area contributed by atoms with Gasteiger partial charge in [0.25, 0.3) is 0 Å². The van der Waals surface area contributed by atoms with E-state index in [0.717, 1.165) is 41.4 Å². The number of hydrogen-bond acceptors (Lipinski definition) is 5. The summed E-state index contributed by atoms with van der Waals surface area (Å²) in [5, 5.41) is 14.5. The van der Waals surface area contributed by atoms with E-state index in [1.54, 1.807) is 0 Å². The van der Waals surface area contributed by atoms with Gasteiger partial charge in [-0.1, -0.05) is 30.3 Å². The number of benzene rings is 2. The number of aryl methyl sites for hydroxylation is 1. The fourth-order valence-corrected chi connectivity index (χ4v) is 3.19. The molecule has 0 atom stereocenters. The van der Waals surface area contributed by atoms with Crippen molar-refractivity contribution in [3.05, 3.63) is 66.2 Å². The third-order valence-electron chi connectivity index (χ3n) is 4.80. The van der Waals surface area contributed by atoms with E-state index < -0.39 is 0 Å². The molecule has 2 heterocycles. The third-order valence-corrected chi connectivity index (χ3v) is 4.80. The quantitative estimate of drug-likeness (QED) is 0.707. The summed E-state index contributed by atoms with van der Waals surface area (Å²) in [4.78, 5) is 14.5. The molecule has 1 saturated heterocycles. The molecule has 2 N–H and O–H groups in total. The smallest absolute Gasteiger partial charge is 0.323 e. The van der Waals surface area contributed by atoms with E-state index in [1.165, 1.54) is 0 Å². The number of nitrogens with zero attached hydrogens (tertiary/aromatic N) is 3. The Morgan fingerprint density at radius 3 is 2.55 bits per heavy atom. The molecule has 1 fully saturated rings. The topological polar surface area (TPSA) is 79.4 Å². The molecule has 7 nitrogen and oxygen atoms in total.